The number of nitrogens with one attached hydrogen (secondary N) is 1. The minimum absolute atomic E-state index is 0.287. The molecule has 0 radical (unpaired) electrons. The van der Waals surface area contributed by atoms with Gasteiger partial charge in [-0.15, -0.1) is 0 Å². The second kappa shape index (κ2) is 9.74. The van der Waals surface area contributed by atoms with Crippen molar-refractivity contribution in [3.63, 3.8) is 0 Å². The molecule has 0 aliphatic rings. The second-order valence-electron chi connectivity index (χ2n) is 8.41. The van der Waals surface area contributed by atoms with E-state index in [1.54, 1.807) is 53.7 Å². The highest BCUT2D eigenvalue weighted by molar-refractivity contribution is 5.81. The van der Waals surface area contributed by atoms with Gasteiger partial charge in [-0.2, -0.15) is 0 Å². The molecule has 2 aromatic carbocycles. The Labute approximate surface area is 177 Å². The van der Waals surface area contributed by atoms with Gasteiger partial charge < -0.3 is 14.8 Å². The molecule has 0 spiro atoms. The number of hydrogen-bond donors (Lipinski definition) is 1. The Bertz CT molecular complexity index is 877. The standard InChI is InChI=1S/C24H30FNO4/c1-15-14-19(12-13-20(15)25)21(18-10-8-7-9-11-18)17(3)29-22(27)16(2)26-23(28)30-24(4,5)6/h7-14,16-17,21H,1-6H3,(H,26,28)/t16-,17-,21-/m0/s1. The van der Waals surface area contributed by atoms with Gasteiger partial charge >= 0.3 is 12.1 Å². The van der Waals surface area contributed by atoms with Crippen molar-refractivity contribution in [2.75, 3.05) is 0 Å². The molecule has 0 fully saturated rings. The van der Waals surface area contributed by atoms with Crippen molar-refractivity contribution in [2.24, 2.45) is 0 Å². The molecule has 0 saturated carbocycles. The number of rotatable bonds is 6. The monoisotopic (exact) mass is 415 g/mol. The topological polar surface area (TPSA) is 64.6 Å². The van der Waals surface area contributed by atoms with Crippen LogP contribution in [-0.2, 0) is 14.3 Å². The van der Waals surface area contributed by atoms with Crippen LogP contribution in [0.3, 0.4) is 0 Å². The first-order chi connectivity index (χ1) is 14.0. The summed E-state index contributed by atoms with van der Waals surface area (Å²) in [5.41, 5.74) is 1.64. The largest absolute Gasteiger partial charge is 0.460 e. The van der Waals surface area contributed by atoms with Gasteiger partial charge in [-0.05, 0) is 64.3 Å². The summed E-state index contributed by atoms with van der Waals surface area (Å²) in [6.45, 7) is 10.3. The maximum absolute atomic E-state index is 13.8. The summed E-state index contributed by atoms with van der Waals surface area (Å²) in [5, 5.41) is 2.49. The zero-order chi connectivity index (χ0) is 22.5. The van der Waals surface area contributed by atoms with E-state index in [0.717, 1.165) is 11.1 Å². The molecule has 0 unspecified atom stereocenters. The molecular formula is C24H30FNO4. The van der Waals surface area contributed by atoms with Crippen LogP contribution in [0.4, 0.5) is 9.18 Å². The van der Waals surface area contributed by atoms with Crippen molar-refractivity contribution in [2.45, 2.75) is 65.2 Å². The Morgan fingerprint density at radius 1 is 1.00 bits per heavy atom. The normalized spacial score (nSPS) is 14.4. The minimum atomic E-state index is -0.881. The van der Waals surface area contributed by atoms with E-state index >= 15 is 0 Å². The lowest BCUT2D eigenvalue weighted by molar-refractivity contribution is -0.150. The molecule has 2 aromatic rings. The number of halogens is 1. The summed E-state index contributed by atoms with van der Waals surface area (Å²) in [6.07, 6.45) is -1.24. The molecule has 0 aliphatic carbocycles. The van der Waals surface area contributed by atoms with Crippen LogP contribution in [-0.4, -0.2) is 29.8 Å². The maximum Gasteiger partial charge on any atom is 0.408 e. The number of amides is 1. The molecule has 0 aliphatic heterocycles. The van der Waals surface area contributed by atoms with E-state index in [9.17, 15) is 14.0 Å². The Kier molecular flexibility index (Phi) is 7.59. The van der Waals surface area contributed by atoms with Crippen LogP contribution in [0.1, 0.15) is 57.2 Å². The summed E-state index contributed by atoms with van der Waals surface area (Å²) in [6, 6.07) is 13.6. The third-order valence-electron chi connectivity index (χ3n) is 4.56. The predicted molar refractivity (Wildman–Crippen MR) is 114 cm³/mol. The molecule has 2 rings (SSSR count). The van der Waals surface area contributed by atoms with Crippen LogP contribution in [0.5, 0.6) is 0 Å². The van der Waals surface area contributed by atoms with Gasteiger partial charge in [0.15, 0.2) is 0 Å². The molecule has 0 bridgehead atoms. The molecule has 5 nitrogen and oxygen atoms in total. The van der Waals surface area contributed by atoms with Crippen molar-refractivity contribution >= 4 is 12.1 Å². The molecule has 6 heteroatoms. The van der Waals surface area contributed by atoms with E-state index < -0.39 is 29.8 Å². The summed E-state index contributed by atoms with van der Waals surface area (Å²) >= 11 is 0. The van der Waals surface area contributed by atoms with E-state index in [2.05, 4.69) is 5.32 Å². The molecular weight excluding hydrogens is 385 g/mol. The Morgan fingerprint density at radius 3 is 2.20 bits per heavy atom. The number of ether oxygens (including phenoxy) is 2. The lowest BCUT2D eigenvalue weighted by atomic mass is 9.86. The summed E-state index contributed by atoms with van der Waals surface area (Å²) in [5.74, 6) is -1.15. The molecule has 30 heavy (non-hydrogen) atoms. The van der Waals surface area contributed by atoms with Crippen LogP contribution in [0.2, 0.25) is 0 Å². The number of aryl methyl sites for hydroxylation is 1. The average Bonchev–Trinajstić information content (AvgIpc) is 2.64. The van der Waals surface area contributed by atoms with Crippen molar-refractivity contribution in [3.8, 4) is 0 Å². The number of carbonyl (C=O) groups is 2. The average molecular weight is 416 g/mol. The van der Waals surface area contributed by atoms with Gasteiger partial charge in [0, 0.05) is 5.92 Å². The first-order valence-corrected chi connectivity index (χ1v) is 9.99. The van der Waals surface area contributed by atoms with Crippen LogP contribution >= 0.6 is 0 Å². The van der Waals surface area contributed by atoms with E-state index in [1.165, 1.54) is 6.07 Å². The highest BCUT2D eigenvalue weighted by Gasteiger charge is 2.28. The fourth-order valence-electron chi connectivity index (χ4n) is 3.15. The van der Waals surface area contributed by atoms with E-state index in [-0.39, 0.29) is 11.7 Å². The molecule has 1 N–H and O–H groups in total. The quantitative estimate of drug-likeness (QED) is 0.666. The van der Waals surface area contributed by atoms with E-state index in [4.69, 9.17) is 9.47 Å². The number of hydrogen-bond acceptors (Lipinski definition) is 4. The molecule has 3 atom stereocenters. The zero-order valence-electron chi connectivity index (χ0n) is 18.4. The van der Waals surface area contributed by atoms with Gasteiger partial charge in [0.25, 0.3) is 0 Å². The summed E-state index contributed by atoms with van der Waals surface area (Å²) in [7, 11) is 0. The van der Waals surface area contributed by atoms with Gasteiger partial charge in [0.2, 0.25) is 0 Å². The summed E-state index contributed by atoms with van der Waals surface area (Å²) in [4.78, 5) is 24.5. The molecule has 0 saturated heterocycles. The molecule has 0 aromatic heterocycles. The highest BCUT2D eigenvalue weighted by Crippen LogP contribution is 2.31. The second-order valence-corrected chi connectivity index (χ2v) is 8.41. The van der Waals surface area contributed by atoms with Crippen molar-refractivity contribution in [1.29, 1.82) is 0 Å². The number of alkyl carbamates (subject to hydrolysis) is 1. The van der Waals surface area contributed by atoms with Gasteiger partial charge in [0.05, 0.1) is 0 Å². The third-order valence-corrected chi connectivity index (χ3v) is 4.56. The van der Waals surface area contributed by atoms with Gasteiger partial charge in [0.1, 0.15) is 23.6 Å². The van der Waals surface area contributed by atoms with Gasteiger partial charge in [-0.1, -0.05) is 42.5 Å². The zero-order valence-corrected chi connectivity index (χ0v) is 18.4. The molecule has 162 valence electrons. The van der Waals surface area contributed by atoms with E-state index in [0.29, 0.717) is 5.56 Å². The van der Waals surface area contributed by atoms with Crippen LogP contribution in [0.15, 0.2) is 48.5 Å². The third kappa shape index (κ3) is 6.58. The molecule has 0 heterocycles. The Balaban J connectivity index is 2.18. The fraction of sp³-hybridized carbons (Fsp3) is 0.417. The number of esters is 1. The van der Waals surface area contributed by atoms with E-state index in [1.807, 2.05) is 30.3 Å². The predicted octanol–water partition coefficient (Wildman–Crippen LogP) is 5.11. The SMILES string of the molecule is Cc1cc([C@H](c2ccccc2)[C@H](C)OC(=O)[C@H](C)NC(=O)OC(C)(C)C)ccc1F. The Hall–Kier alpha value is -2.89. The highest BCUT2D eigenvalue weighted by atomic mass is 19.1. The maximum atomic E-state index is 13.8. The lowest BCUT2D eigenvalue weighted by Gasteiger charge is -2.27. The first kappa shape index (κ1) is 23.4. The lowest BCUT2D eigenvalue weighted by Crippen LogP contribution is -2.43. The minimum Gasteiger partial charge on any atom is -0.460 e. The Morgan fingerprint density at radius 2 is 1.63 bits per heavy atom. The van der Waals surface area contributed by atoms with Gasteiger partial charge in [-0.3, -0.25) is 0 Å². The van der Waals surface area contributed by atoms with Crippen molar-refractivity contribution in [1.82, 2.24) is 5.32 Å². The first-order valence-electron chi connectivity index (χ1n) is 9.99. The van der Waals surface area contributed by atoms with Crippen LogP contribution in [0, 0.1) is 12.7 Å². The summed E-state index contributed by atoms with van der Waals surface area (Å²) < 4.78 is 24.6. The van der Waals surface area contributed by atoms with Gasteiger partial charge in [-0.25, -0.2) is 14.0 Å². The van der Waals surface area contributed by atoms with Crippen LogP contribution < -0.4 is 5.32 Å². The molecule has 1 amide bonds. The van der Waals surface area contributed by atoms with Crippen molar-refractivity contribution in [3.05, 3.63) is 71.0 Å². The van der Waals surface area contributed by atoms with Crippen LogP contribution in [0.25, 0.3) is 0 Å². The smallest absolute Gasteiger partial charge is 0.408 e. The fourth-order valence-corrected chi connectivity index (χ4v) is 3.15. The number of carbonyl (C=O) groups excluding carboxylic acids is 2. The number of benzene rings is 2. The van der Waals surface area contributed by atoms with Crippen molar-refractivity contribution < 1.29 is 23.5 Å².